The van der Waals surface area contributed by atoms with Gasteiger partial charge in [-0.25, -0.2) is 17.9 Å². The van der Waals surface area contributed by atoms with E-state index < -0.39 is 16.0 Å². The van der Waals surface area contributed by atoms with Gasteiger partial charge in [-0.3, -0.25) is 0 Å². The molecular formula is C18H20N2O5S2. The van der Waals surface area contributed by atoms with Crippen LogP contribution in [0, 0.1) is 0 Å². The maximum atomic E-state index is 12.3. The zero-order valence-electron chi connectivity index (χ0n) is 14.7. The quantitative estimate of drug-likeness (QED) is 0.477. The second-order valence-electron chi connectivity index (χ2n) is 5.55. The summed E-state index contributed by atoms with van der Waals surface area (Å²) in [4.78, 5) is 11.4. The fraction of sp³-hybridized carbons (Fsp3) is 0.222. The van der Waals surface area contributed by atoms with Crippen LogP contribution in [-0.2, 0) is 26.0 Å². The number of rotatable bonds is 9. The number of esters is 1. The summed E-state index contributed by atoms with van der Waals surface area (Å²) in [5.74, 6) is 0.0671. The summed E-state index contributed by atoms with van der Waals surface area (Å²) in [6, 6.07) is 13.1. The van der Waals surface area contributed by atoms with E-state index >= 15 is 0 Å². The van der Waals surface area contributed by atoms with Crippen molar-refractivity contribution in [2.24, 2.45) is 5.73 Å². The molecule has 0 saturated heterocycles. The van der Waals surface area contributed by atoms with E-state index in [9.17, 15) is 13.2 Å². The molecule has 0 aromatic heterocycles. The Hall–Kier alpha value is -2.49. The highest BCUT2D eigenvalue weighted by molar-refractivity contribution is 7.89. The number of hydrogen-bond acceptors (Lipinski definition) is 6. The molecular weight excluding hydrogens is 388 g/mol. The topological polar surface area (TPSA) is 108 Å². The van der Waals surface area contributed by atoms with Crippen molar-refractivity contribution < 1.29 is 22.7 Å². The van der Waals surface area contributed by atoms with E-state index in [1.54, 1.807) is 36.4 Å². The van der Waals surface area contributed by atoms with Gasteiger partial charge in [-0.15, -0.1) is 0 Å². The van der Waals surface area contributed by atoms with Crippen LogP contribution in [-0.4, -0.2) is 39.6 Å². The lowest BCUT2D eigenvalue weighted by molar-refractivity contribution is -0.142. The third-order valence-electron chi connectivity index (χ3n) is 3.66. The van der Waals surface area contributed by atoms with E-state index in [2.05, 4.69) is 9.46 Å². The van der Waals surface area contributed by atoms with Crippen molar-refractivity contribution >= 4 is 33.2 Å². The van der Waals surface area contributed by atoms with Crippen LogP contribution < -0.4 is 15.2 Å². The SMILES string of the molecule is COC(=O)COc1ccc(CCNS(=O)(=O)c2ccc(C(N)=S)cc2)cc1. The van der Waals surface area contributed by atoms with Gasteiger partial charge in [0.1, 0.15) is 10.7 Å². The largest absolute Gasteiger partial charge is 0.482 e. The molecule has 0 atom stereocenters. The first-order valence-corrected chi connectivity index (χ1v) is 9.89. The van der Waals surface area contributed by atoms with Crippen LogP contribution in [0.2, 0.25) is 0 Å². The molecule has 9 heteroatoms. The van der Waals surface area contributed by atoms with E-state index in [1.807, 2.05) is 0 Å². The van der Waals surface area contributed by atoms with Crippen molar-refractivity contribution in [1.82, 2.24) is 4.72 Å². The molecule has 0 bridgehead atoms. The van der Waals surface area contributed by atoms with E-state index in [-0.39, 0.29) is 23.0 Å². The zero-order valence-corrected chi connectivity index (χ0v) is 16.3. The molecule has 0 unspecified atom stereocenters. The van der Waals surface area contributed by atoms with Gasteiger partial charge in [0.2, 0.25) is 10.0 Å². The molecule has 0 heterocycles. The Labute approximate surface area is 163 Å². The smallest absolute Gasteiger partial charge is 0.343 e. The first kappa shape index (κ1) is 20.8. The second kappa shape index (κ2) is 9.45. The van der Waals surface area contributed by atoms with Gasteiger partial charge in [-0.05, 0) is 36.2 Å². The summed E-state index contributed by atoms with van der Waals surface area (Å²) in [7, 11) is -2.32. The number of nitrogens with two attached hydrogens (primary N) is 1. The van der Waals surface area contributed by atoms with Crippen molar-refractivity contribution in [2.75, 3.05) is 20.3 Å². The maximum absolute atomic E-state index is 12.3. The minimum atomic E-state index is -3.61. The van der Waals surface area contributed by atoms with Crippen LogP contribution in [0.3, 0.4) is 0 Å². The molecule has 2 aromatic carbocycles. The standard InChI is InChI=1S/C18H20N2O5S2/c1-24-17(21)12-25-15-6-2-13(3-7-15)10-11-20-27(22,23)16-8-4-14(5-9-16)18(19)26/h2-9,20H,10-12H2,1H3,(H2,19,26). The van der Waals surface area contributed by atoms with Gasteiger partial charge in [-0.1, -0.05) is 36.5 Å². The number of nitrogens with one attached hydrogen (secondary N) is 1. The third kappa shape index (κ3) is 6.31. The predicted octanol–water partition coefficient (Wildman–Crippen LogP) is 1.39. The Bertz CT molecular complexity index is 894. The average molecular weight is 409 g/mol. The molecule has 144 valence electrons. The number of ether oxygens (including phenoxy) is 2. The zero-order chi connectivity index (χ0) is 19.9. The first-order chi connectivity index (χ1) is 12.8. The van der Waals surface area contributed by atoms with Crippen LogP contribution in [0.1, 0.15) is 11.1 Å². The van der Waals surface area contributed by atoms with Gasteiger partial charge < -0.3 is 15.2 Å². The van der Waals surface area contributed by atoms with Gasteiger partial charge in [0.25, 0.3) is 0 Å². The number of carbonyl (C=O) groups is 1. The van der Waals surface area contributed by atoms with E-state index in [4.69, 9.17) is 22.7 Å². The van der Waals surface area contributed by atoms with Gasteiger partial charge in [0.05, 0.1) is 12.0 Å². The summed E-state index contributed by atoms with van der Waals surface area (Å²) >= 11 is 4.85. The Morgan fingerprint density at radius 1 is 1.11 bits per heavy atom. The second-order valence-corrected chi connectivity index (χ2v) is 7.75. The Morgan fingerprint density at radius 3 is 2.30 bits per heavy atom. The summed E-state index contributed by atoms with van der Waals surface area (Å²) < 4.78 is 36.9. The fourth-order valence-corrected chi connectivity index (χ4v) is 3.33. The molecule has 0 aliphatic rings. The highest BCUT2D eigenvalue weighted by Gasteiger charge is 2.13. The van der Waals surface area contributed by atoms with Crippen molar-refractivity contribution in [1.29, 1.82) is 0 Å². The van der Waals surface area contributed by atoms with Gasteiger partial charge >= 0.3 is 5.97 Å². The molecule has 7 nitrogen and oxygen atoms in total. The predicted molar refractivity (Wildman–Crippen MR) is 105 cm³/mol. The van der Waals surface area contributed by atoms with E-state index in [0.717, 1.165) is 5.56 Å². The van der Waals surface area contributed by atoms with Crippen molar-refractivity contribution in [3.63, 3.8) is 0 Å². The number of carbonyl (C=O) groups excluding carboxylic acids is 1. The molecule has 2 aromatic rings. The molecule has 0 spiro atoms. The van der Waals surface area contributed by atoms with Gasteiger partial charge in [-0.2, -0.15) is 0 Å². The van der Waals surface area contributed by atoms with Crippen LogP contribution >= 0.6 is 12.2 Å². The summed E-state index contributed by atoms with van der Waals surface area (Å²) in [6.45, 7) is 0.0745. The third-order valence-corrected chi connectivity index (χ3v) is 5.38. The van der Waals surface area contributed by atoms with Crippen LogP contribution in [0.25, 0.3) is 0 Å². The molecule has 0 radical (unpaired) electrons. The Balaban J connectivity index is 1.87. The van der Waals surface area contributed by atoms with Crippen LogP contribution in [0.4, 0.5) is 0 Å². The molecule has 0 amide bonds. The van der Waals surface area contributed by atoms with Gasteiger partial charge in [0.15, 0.2) is 6.61 Å². The number of thiocarbonyl (C=S) groups is 1. The molecule has 0 saturated carbocycles. The first-order valence-electron chi connectivity index (χ1n) is 8.00. The minimum absolute atomic E-state index is 0.147. The highest BCUT2D eigenvalue weighted by atomic mass is 32.2. The van der Waals surface area contributed by atoms with Crippen LogP contribution in [0.15, 0.2) is 53.4 Å². The van der Waals surface area contributed by atoms with E-state index in [0.29, 0.717) is 17.7 Å². The summed E-state index contributed by atoms with van der Waals surface area (Å²) in [5, 5.41) is 0. The molecule has 27 heavy (non-hydrogen) atoms. The summed E-state index contributed by atoms with van der Waals surface area (Å²) in [6.07, 6.45) is 0.501. The molecule has 3 N–H and O–H groups in total. The lowest BCUT2D eigenvalue weighted by Crippen LogP contribution is -2.26. The number of sulfonamides is 1. The fourth-order valence-electron chi connectivity index (χ4n) is 2.16. The monoisotopic (exact) mass is 408 g/mol. The normalized spacial score (nSPS) is 11.0. The Morgan fingerprint density at radius 2 is 1.74 bits per heavy atom. The number of benzene rings is 2. The average Bonchev–Trinajstić information content (AvgIpc) is 2.67. The molecule has 0 fully saturated rings. The maximum Gasteiger partial charge on any atom is 0.343 e. The van der Waals surface area contributed by atoms with Crippen molar-refractivity contribution in [3.8, 4) is 5.75 Å². The number of hydrogen-bond donors (Lipinski definition) is 2. The van der Waals surface area contributed by atoms with Crippen molar-refractivity contribution in [3.05, 3.63) is 59.7 Å². The lowest BCUT2D eigenvalue weighted by atomic mass is 10.1. The lowest BCUT2D eigenvalue weighted by Gasteiger charge is -2.09. The summed E-state index contributed by atoms with van der Waals surface area (Å²) in [5.41, 5.74) is 7.04. The molecule has 0 aliphatic heterocycles. The minimum Gasteiger partial charge on any atom is -0.482 e. The van der Waals surface area contributed by atoms with E-state index in [1.165, 1.54) is 19.2 Å². The Kier molecular flexibility index (Phi) is 7.28. The molecule has 0 aliphatic carbocycles. The van der Waals surface area contributed by atoms with Gasteiger partial charge in [0, 0.05) is 12.1 Å². The van der Waals surface area contributed by atoms with Crippen LogP contribution in [0.5, 0.6) is 5.75 Å². The highest BCUT2D eigenvalue weighted by Crippen LogP contribution is 2.13. The van der Waals surface area contributed by atoms with Crippen molar-refractivity contribution in [2.45, 2.75) is 11.3 Å². The number of methoxy groups -OCH3 is 1. The molecule has 2 rings (SSSR count).